The summed E-state index contributed by atoms with van der Waals surface area (Å²) in [6.45, 7) is 0. The summed E-state index contributed by atoms with van der Waals surface area (Å²) in [4.78, 5) is 0. The van der Waals surface area contributed by atoms with Crippen molar-refractivity contribution in [2.45, 2.75) is 24.9 Å². The van der Waals surface area contributed by atoms with E-state index in [-0.39, 0.29) is 44.8 Å². The van der Waals surface area contributed by atoms with E-state index in [1.54, 1.807) is 0 Å². The van der Waals surface area contributed by atoms with E-state index in [4.69, 9.17) is 20.4 Å². The van der Waals surface area contributed by atoms with Crippen molar-refractivity contribution in [3.8, 4) is 0 Å². The van der Waals surface area contributed by atoms with Gasteiger partial charge in [0.15, 0.2) is 0 Å². The van der Waals surface area contributed by atoms with Gasteiger partial charge >= 0.3 is 12.4 Å². The first-order valence-electron chi connectivity index (χ1n) is 2.74. The minimum atomic E-state index is -4.89. The zero-order valence-corrected chi connectivity index (χ0v) is 9.78. The number of aliphatic hydroxyl groups is 4. The van der Waals surface area contributed by atoms with Crippen LogP contribution in [0.1, 0.15) is 0 Å². The van der Waals surface area contributed by atoms with Gasteiger partial charge in [-0.1, -0.05) is 0 Å². The molecule has 0 aromatic carbocycles. The van der Waals surface area contributed by atoms with Gasteiger partial charge in [-0.15, -0.1) is 0 Å². The molecule has 2 radical (unpaired) electrons. The number of alkyl halides is 6. The molecule has 0 aromatic heterocycles. The fraction of sp³-hybridized carbons (Fsp3) is 1.00. The third kappa shape index (κ3) is 17.3. The molecule has 0 aliphatic rings. The van der Waals surface area contributed by atoms with Crippen LogP contribution < -0.4 is 0 Å². The molecule has 4 nitrogen and oxygen atoms in total. The fourth-order valence-corrected chi connectivity index (χ4v) is 0. The molecule has 0 bridgehead atoms. The molecule has 0 unspecified atom stereocenters. The maximum absolute atomic E-state index is 10.7. The van der Waals surface area contributed by atoms with Gasteiger partial charge in [0.25, 0.3) is 12.6 Å². The van der Waals surface area contributed by atoms with Gasteiger partial charge in [0.05, 0.1) is 0 Å². The molecule has 110 valence electrons. The summed E-state index contributed by atoms with van der Waals surface area (Å²) in [7, 11) is 0. The summed E-state index contributed by atoms with van der Waals surface area (Å²) < 4.78 is 64.1. The van der Waals surface area contributed by atoms with E-state index in [9.17, 15) is 26.3 Å². The molecule has 0 aromatic rings. The Labute approximate surface area is 116 Å². The Bertz CT molecular complexity index is 140. The molecule has 0 aliphatic carbocycles. The molecule has 16 heavy (non-hydrogen) atoms. The Morgan fingerprint density at radius 2 is 0.625 bits per heavy atom. The quantitative estimate of drug-likeness (QED) is 0.234. The summed E-state index contributed by atoms with van der Waals surface area (Å²) in [5.41, 5.74) is 0. The molecule has 0 aliphatic heterocycles. The van der Waals surface area contributed by atoms with E-state index >= 15 is 0 Å². The largest absolute Gasteiger partial charge is 0.439 e. The monoisotopic (exact) mass is 446 g/mol. The number of rotatable bonds is 0. The van der Waals surface area contributed by atoms with Gasteiger partial charge < -0.3 is 20.4 Å². The van der Waals surface area contributed by atoms with Crippen LogP contribution >= 0.6 is 0 Å². The average Bonchev–Trinajstić information content (AvgIpc) is 1.83. The first-order valence-corrected chi connectivity index (χ1v) is 2.74. The standard InChI is InChI=1S/2C2H3F3O2.2Ag/c2*3-2(4,5)1(6)7;;/h2*1,6-7H;;. The van der Waals surface area contributed by atoms with Crippen LogP contribution in [0.25, 0.3) is 0 Å². The second kappa shape index (κ2) is 9.88. The third-order valence-electron chi connectivity index (χ3n) is 0.586. The molecule has 0 saturated heterocycles. The topological polar surface area (TPSA) is 80.9 Å². The second-order valence-corrected chi connectivity index (χ2v) is 1.83. The average molecular weight is 448 g/mol. The van der Waals surface area contributed by atoms with Crippen molar-refractivity contribution in [2.75, 3.05) is 0 Å². The SMILES string of the molecule is OC(O)C(F)(F)F.OC(O)C(F)(F)F.[Ag].[Ag]. The fourth-order valence-electron chi connectivity index (χ4n) is 0. The first-order chi connectivity index (χ1) is 5.89. The Morgan fingerprint density at radius 1 is 0.562 bits per heavy atom. The van der Waals surface area contributed by atoms with Crippen LogP contribution in [0.2, 0.25) is 0 Å². The van der Waals surface area contributed by atoms with E-state index in [1.165, 1.54) is 0 Å². The van der Waals surface area contributed by atoms with Crippen LogP contribution in [-0.4, -0.2) is 45.4 Å². The van der Waals surface area contributed by atoms with Crippen LogP contribution in [0.15, 0.2) is 0 Å². The van der Waals surface area contributed by atoms with Crippen LogP contribution in [0.5, 0.6) is 0 Å². The molecular weight excluding hydrogens is 442 g/mol. The Kier molecular flexibility index (Phi) is 15.9. The van der Waals surface area contributed by atoms with Gasteiger partial charge in [-0.2, -0.15) is 26.3 Å². The molecule has 0 fully saturated rings. The molecule has 12 heteroatoms. The van der Waals surface area contributed by atoms with Gasteiger partial charge in [-0.25, -0.2) is 0 Å². The summed E-state index contributed by atoms with van der Waals surface area (Å²) in [5.74, 6) is 0. The number of aliphatic hydroxyl groups excluding tert-OH is 2. The first kappa shape index (κ1) is 25.7. The summed E-state index contributed by atoms with van der Waals surface area (Å²) in [5, 5.41) is 29.3. The maximum atomic E-state index is 10.7. The van der Waals surface area contributed by atoms with Gasteiger partial charge in [-0.3, -0.25) is 0 Å². The molecule has 0 amide bonds. The summed E-state index contributed by atoms with van der Waals surface area (Å²) in [6, 6.07) is 0. The van der Waals surface area contributed by atoms with E-state index < -0.39 is 24.9 Å². The maximum Gasteiger partial charge on any atom is 0.439 e. The minimum absolute atomic E-state index is 0. The van der Waals surface area contributed by atoms with Gasteiger partial charge in [-0.05, 0) is 0 Å². The molecule has 0 saturated carbocycles. The zero-order valence-electron chi connectivity index (χ0n) is 6.81. The third-order valence-corrected chi connectivity index (χ3v) is 0.586. The Balaban J connectivity index is -0.0000000800. The predicted molar refractivity (Wildman–Crippen MR) is 28.6 cm³/mol. The predicted octanol–water partition coefficient (Wildman–Crippen LogP) is -0.286. The molecule has 0 spiro atoms. The zero-order chi connectivity index (χ0) is 12.2. The molecule has 0 rings (SSSR count). The van der Waals surface area contributed by atoms with E-state index in [0.717, 1.165) is 0 Å². The normalized spacial score (nSPS) is 11.2. The minimum Gasteiger partial charge on any atom is -0.361 e. The summed E-state index contributed by atoms with van der Waals surface area (Å²) >= 11 is 0. The van der Waals surface area contributed by atoms with Crippen molar-refractivity contribution in [2.24, 2.45) is 0 Å². The Hall–Kier alpha value is 0.901. The Morgan fingerprint density at radius 3 is 0.625 bits per heavy atom. The van der Waals surface area contributed by atoms with E-state index in [0.29, 0.717) is 0 Å². The van der Waals surface area contributed by atoms with Gasteiger partial charge in [0.1, 0.15) is 0 Å². The second-order valence-electron chi connectivity index (χ2n) is 1.83. The van der Waals surface area contributed by atoms with Crippen LogP contribution in [-0.2, 0) is 44.8 Å². The number of hydrogen-bond acceptors (Lipinski definition) is 4. The van der Waals surface area contributed by atoms with Crippen LogP contribution in [0, 0.1) is 0 Å². The van der Waals surface area contributed by atoms with Crippen molar-refractivity contribution in [1.82, 2.24) is 0 Å². The number of halogens is 6. The van der Waals surface area contributed by atoms with Crippen molar-refractivity contribution in [3.63, 3.8) is 0 Å². The molecule has 0 atom stereocenters. The van der Waals surface area contributed by atoms with Gasteiger partial charge in [0, 0.05) is 44.8 Å². The van der Waals surface area contributed by atoms with Crippen LogP contribution in [0.3, 0.4) is 0 Å². The molecule has 0 heterocycles. The smallest absolute Gasteiger partial charge is 0.361 e. The van der Waals surface area contributed by atoms with Gasteiger partial charge in [0.2, 0.25) is 0 Å². The van der Waals surface area contributed by atoms with Crippen molar-refractivity contribution >= 4 is 0 Å². The van der Waals surface area contributed by atoms with E-state index in [1.807, 2.05) is 0 Å². The summed E-state index contributed by atoms with van der Waals surface area (Å²) in [6.07, 6.45) is -16.2. The van der Waals surface area contributed by atoms with Crippen LogP contribution in [0.4, 0.5) is 26.3 Å². The van der Waals surface area contributed by atoms with Crippen molar-refractivity contribution in [1.29, 1.82) is 0 Å². The van der Waals surface area contributed by atoms with E-state index in [2.05, 4.69) is 0 Å². The molecular formula is C4H6Ag2F6O4. The van der Waals surface area contributed by atoms with Crippen molar-refractivity contribution < 1.29 is 91.5 Å². The number of hydrogen-bond donors (Lipinski definition) is 4. The molecule has 4 N–H and O–H groups in total. The van der Waals surface area contributed by atoms with Crippen molar-refractivity contribution in [3.05, 3.63) is 0 Å².